The number of rotatable bonds is 47. The van der Waals surface area contributed by atoms with Crippen LogP contribution in [0.4, 0.5) is 0 Å². The molecule has 0 spiro atoms. The van der Waals surface area contributed by atoms with Crippen LogP contribution in [0.15, 0.2) is 0 Å². The number of ether oxygens (including phenoxy) is 4. The van der Waals surface area contributed by atoms with E-state index in [1.807, 2.05) is 0 Å². The van der Waals surface area contributed by atoms with E-state index in [1.165, 1.54) is 173 Å². The zero-order chi connectivity index (χ0) is 51.9. The molecule has 0 aromatic carbocycles. The molecule has 0 bridgehead atoms. The van der Waals surface area contributed by atoms with Gasteiger partial charge in [0.1, 0.15) is 54.9 Å². The average Bonchev–Trinajstić information content (AvgIpc) is 3.37. The Morgan fingerprint density at radius 1 is 0.451 bits per heavy atom. The molecule has 10 N–H and O–H groups in total. The summed E-state index contributed by atoms with van der Waals surface area (Å²) in [5.74, 6) is -0.315. The van der Waals surface area contributed by atoms with Crippen LogP contribution in [-0.4, -0.2) is 151 Å². The lowest BCUT2D eigenvalue weighted by molar-refractivity contribution is -0.331. The molecule has 422 valence electrons. The molecule has 0 unspecified atom stereocenters. The Morgan fingerprint density at radius 3 is 1.18 bits per heavy atom. The van der Waals surface area contributed by atoms with E-state index in [0.717, 1.165) is 38.5 Å². The third kappa shape index (κ3) is 29.7. The van der Waals surface area contributed by atoms with Crippen LogP contribution in [0.1, 0.15) is 251 Å². The Hall–Kier alpha value is -1.05. The van der Waals surface area contributed by atoms with Gasteiger partial charge in [-0.2, -0.15) is 0 Å². The minimum atomic E-state index is -1.77. The highest BCUT2D eigenvalue weighted by molar-refractivity contribution is 5.76. The van der Waals surface area contributed by atoms with Gasteiger partial charge >= 0.3 is 0 Å². The Kier molecular flexibility index (Phi) is 40.1. The van der Waals surface area contributed by atoms with Gasteiger partial charge in [-0.3, -0.25) is 4.79 Å². The maximum absolute atomic E-state index is 13.3. The first-order valence-corrected chi connectivity index (χ1v) is 29.4. The summed E-state index contributed by atoms with van der Waals surface area (Å²) in [6, 6.07) is -1.09. The second-order valence-corrected chi connectivity index (χ2v) is 21.3. The molecule has 2 rings (SSSR count). The van der Waals surface area contributed by atoms with E-state index in [-0.39, 0.29) is 12.3 Å². The predicted octanol–water partition coefficient (Wildman–Crippen LogP) is 8.31. The van der Waals surface area contributed by atoms with Gasteiger partial charge in [-0.15, -0.1) is 0 Å². The molecular formula is C56H109NO14. The fourth-order valence-corrected chi connectivity index (χ4v) is 9.99. The molecule has 15 nitrogen and oxygen atoms in total. The molecule has 71 heavy (non-hydrogen) atoms. The van der Waals surface area contributed by atoms with Crippen molar-refractivity contribution in [1.29, 1.82) is 0 Å². The summed E-state index contributed by atoms with van der Waals surface area (Å²) in [7, 11) is 0. The van der Waals surface area contributed by atoms with Gasteiger partial charge in [0.25, 0.3) is 0 Å². The Labute approximate surface area is 430 Å². The zero-order valence-corrected chi connectivity index (χ0v) is 44.9. The number of aliphatic hydroxyl groups excluding tert-OH is 9. The lowest BCUT2D eigenvalue weighted by Crippen LogP contribution is -2.62. The number of aliphatic hydroxyl groups is 9. The van der Waals surface area contributed by atoms with Crippen LogP contribution in [-0.2, 0) is 23.7 Å². The molecule has 0 saturated carbocycles. The largest absolute Gasteiger partial charge is 0.394 e. The third-order valence-corrected chi connectivity index (χ3v) is 14.9. The quantitative estimate of drug-likeness (QED) is 0.0258. The number of unbranched alkanes of at least 4 members (excludes halogenated alkanes) is 33. The predicted molar refractivity (Wildman–Crippen MR) is 278 cm³/mol. The molecule has 2 fully saturated rings. The number of hydrogen-bond acceptors (Lipinski definition) is 14. The molecular weight excluding hydrogens is 911 g/mol. The third-order valence-electron chi connectivity index (χ3n) is 14.9. The normalized spacial score (nSPS) is 26.1. The molecule has 2 saturated heterocycles. The van der Waals surface area contributed by atoms with E-state index in [1.54, 1.807) is 0 Å². The lowest BCUT2D eigenvalue weighted by Gasteiger charge is -2.43. The van der Waals surface area contributed by atoms with Crippen LogP contribution in [0.2, 0.25) is 0 Å². The van der Waals surface area contributed by atoms with Gasteiger partial charge in [-0.05, 0) is 12.8 Å². The summed E-state index contributed by atoms with van der Waals surface area (Å²) in [6.07, 6.45) is 25.5. The topological polar surface area (TPSA) is 248 Å². The molecule has 2 aliphatic heterocycles. The Balaban J connectivity index is 1.75. The first-order chi connectivity index (χ1) is 34.5. The van der Waals surface area contributed by atoms with Crippen molar-refractivity contribution in [2.24, 2.45) is 0 Å². The van der Waals surface area contributed by atoms with E-state index in [0.29, 0.717) is 19.3 Å². The Morgan fingerprint density at radius 2 is 0.789 bits per heavy atom. The monoisotopic (exact) mass is 1020 g/mol. The summed E-state index contributed by atoms with van der Waals surface area (Å²) < 4.78 is 22.5. The zero-order valence-electron chi connectivity index (χ0n) is 44.9. The van der Waals surface area contributed by atoms with Gasteiger partial charge in [-0.25, -0.2) is 0 Å². The molecule has 15 heteroatoms. The first kappa shape index (κ1) is 66.1. The van der Waals surface area contributed by atoms with Crippen LogP contribution < -0.4 is 5.32 Å². The first-order valence-electron chi connectivity index (χ1n) is 29.4. The van der Waals surface area contributed by atoms with Gasteiger partial charge < -0.3 is 70.2 Å². The minimum Gasteiger partial charge on any atom is -0.394 e. The van der Waals surface area contributed by atoms with Crippen LogP contribution >= 0.6 is 0 Å². The van der Waals surface area contributed by atoms with Crippen molar-refractivity contribution in [2.45, 2.75) is 331 Å². The van der Waals surface area contributed by atoms with Gasteiger partial charge in [-0.1, -0.05) is 232 Å². The minimum absolute atomic E-state index is 0.224. The van der Waals surface area contributed by atoms with Gasteiger partial charge in [0, 0.05) is 6.42 Å². The molecule has 1 amide bonds. The van der Waals surface area contributed by atoms with Gasteiger partial charge in [0.15, 0.2) is 12.6 Å². The molecule has 0 radical (unpaired) electrons. The van der Waals surface area contributed by atoms with Crippen molar-refractivity contribution < 1.29 is 69.7 Å². The van der Waals surface area contributed by atoms with Crippen molar-refractivity contribution in [3.8, 4) is 0 Å². The fraction of sp³-hybridized carbons (Fsp3) is 0.982. The number of hydrogen-bond donors (Lipinski definition) is 10. The van der Waals surface area contributed by atoms with E-state index in [9.17, 15) is 50.8 Å². The highest BCUT2D eigenvalue weighted by Gasteiger charge is 2.48. The van der Waals surface area contributed by atoms with Crippen molar-refractivity contribution in [2.75, 3.05) is 19.8 Å². The van der Waals surface area contributed by atoms with E-state index < -0.39 is 99.5 Å². The average molecular weight is 1020 g/mol. The number of carbonyl (C=O) groups is 1. The maximum atomic E-state index is 13.3. The molecule has 0 aromatic heterocycles. The van der Waals surface area contributed by atoms with Gasteiger partial charge in [0.05, 0.1) is 32.0 Å². The van der Waals surface area contributed by atoms with Crippen molar-refractivity contribution >= 4 is 5.91 Å². The van der Waals surface area contributed by atoms with Crippen LogP contribution in [0.5, 0.6) is 0 Å². The summed E-state index contributed by atoms with van der Waals surface area (Å²) in [5, 5.41) is 97.7. The summed E-state index contributed by atoms with van der Waals surface area (Å²) in [5.41, 5.74) is 0. The molecule has 0 aliphatic carbocycles. The summed E-state index contributed by atoms with van der Waals surface area (Å²) in [4.78, 5) is 13.3. The lowest BCUT2D eigenvalue weighted by atomic mass is 9.98. The maximum Gasteiger partial charge on any atom is 0.220 e. The number of nitrogens with one attached hydrogen (secondary N) is 1. The van der Waals surface area contributed by atoms with Crippen LogP contribution in [0, 0.1) is 0 Å². The highest BCUT2D eigenvalue weighted by Crippen LogP contribution is 2.27. The summed E-state index contributed by atoms with van der Waals surface area (Å²) in [6.45, 7) is 2.88. The fourth-order valence-electron chi connectivity index (χ4n) is 9.99. The second kappa shape index (κ2) is 43.1. The number of carbonyl (C=O) groups excluding carboxylic acids is 1. The molecule has 2 aliphatic rings. The van der Waals surface area contributed by atoms with Crippen molar-refractivity contribution in [3.05, 3.63) is 0 Å². The number of amides is 1. The standard InChI is InChI=1S/C56H109NO14/c1-3-5-7-9-11-13-15-17-18-19-20-21-22-23-24-25-26-27-29-31-33-35-37-39-47(60)57-43(48(61)44(59)38-36-34-32-30-28-16-14-12-10-8-6-4-2)41-68-55-54(67)52(65)50(63)46(71-55)42-69-56-53(66)51(64)49(62)45(40-58)70-56/h43-46,48-56,58-59,61-67H,3-42H2,1-2H3,(H,57,60)/t43-,44+,45+,46+,48-,49-,50-,51-,52-,53+,54+,55-,56-/m0/s1. The SMILES string of the molecule is CCCCCCCCCCCCCCCCCCCCCCCCCC(=O)N[C@@H](CO[C@H]1O[C@H](CO[C@H]2O[C@H](CO)[C@H](O)[C@H](O)[C@H]2O)[C@H](O)[C@H](O)[C@H]1O)[C@H](O)[C@H](O)CCCCCCCCCCCCCC. The smallest absolute Gasteiger partial charge is 0.220 e. The molecule has 0 aromatic rings. The van der Waals surface area contributed by atoms with Gasteiger partial charge in [0.2, 0.25) is 5.91 Å². The van der Waals surface area contributed by atoms with Crippen molar-refractivity contribution in [3.63, 3.8) is 0 Å². The second-order valence-electron chi connectivity index (χ2n) is 21.3. The van der Waals surface area contributed by atoms with E-state index in [4.69, 9.17) is 18.9 Å². The molecule has 13 atom stereocenters. The highest BCUT2D eigenvalue weighted by atomic mass is 16.7. The van der Waals surface area contributed by atoms with E-state index >= 15 is 0 Å². The Bertz CT molecular complexity index is 1220. The molecule has 2 heterocycles. The van der Waals surface area contributed by atoms with Crippen molar-refractivity contribution in [1.82, 2.24) is 5.32 Å². The summed E-state index contributed by atoms with van der Waals surface area (Å²) >= 11 is 0. The van der Waals surface area contributed by atoms with Crippen LogP contribution in [0.25, 0.3) is 0 Å². The van der Waals surface area contributed by atoms with E-state index in [2.05, 4.69) is 19.2 Å². The van der Waals surface area contributed by atoms with Crippen LogP contribution in [0.3, 0.4) is 0 Å².